The molecule has 1 aromatic rings. The molecule has 1 fully saturated rings. The van der Waals surface area contributed by atoms with E-state index in [1.807, 2.05) is 0 Å². The minimum absolute atomic E-state index is 0. The monoisotopic (exact) mass is 372 g/mol. The number of methoxy groups -OCH3 is 1. The molecule has 140 valence electrons. The van der Waals surface area contributed by atoms with E-state index in [1.54, 1.807) is 25.3 Å². The molecule has 1 amide bonds. The van der Waals surface area contributed by atoms with Crippen molar-refractivity contribution in [3.8, 4) is 0 Å². The smallest absolute Gasteiger partial charge is 0.292 e. The van der Waals surface area contributed by atoms with Crippen molar-refractivity contribution in [2.24, 2.45) is 5.41 Å². The first-order valence-corrected chi connectivity index (χ1v) is 8.00. The predicted octanol–water partition coefficient (Wildman–Crippen LogP) is 1.56. The van der Waals surface area contributed by atoms with Crippen LogP contribution in [0.15, 0.2) is 24.3 Å². The molecule has 1 heterocycles. The first kappa shape index (κ1) is 21.1. The molecule has 0 unspecified atom stereocenters. The number of amides is 1. The van der Waals surface area contributed by atoms with Crippen molar-refractivity contribution in [1.82, 2.24) is 10.6 Å². The summed E-state index contributed by atoms with van der Waals surface area (Å²) in [6, 6.07) is 6.28. The van der Waals surface area contributed by atoms with E-state index < -0.39 is 4.92 Å². The van der Waals surface area contributed by atoms with E-state index in [2.05, 4.69) is 16.0 Å². The van der Waals surface area contributed by atoms with E-state index in [0.29, 0.717) is 18.8 Å². The van der Waals surface area contributed by atoms with Gasteiger partial charge in [0.25, 0.3) is 5.69 Å². The number of anilines is 1. The highest BCUT2D eigenvalue weighted by Gasteiger charge is 2.32. The lowest BCUT2D eigenvalue weighted by molar-refractivity contribution is -0.383. The normalized spacial score (nSPS) is 15.7. The van der Waals surface area contributed by atoms with Crippen LogP contribution in [0.4, 0.5) is 11.4 Å². The molecule has 0 aliphatic carbocycles. The quantitative estimate of drug-likeness (QED) is 0.472. The van der Waals surface area contributed by atoms with Gasteiger partial charge in [-0.1, -0.05) is 12.1 Å². The van der Waals surface area contributed by atoms with Gasteiger partial charge in [0.1, 0.15) is 5.69 Å². The van der Waals surface area contributed by atoms with Gasteiger partial charge in [0.05, 0.1) is 18.1 Å². The fraction of sp³-hybridized carbons (Fsp3) is 0.562. The van der Waals surface area contributed by atoms with E-state index in [0.717, 1.165) is 25.9 Å². The zero-order valence-electron chi connectivity index (χ0n) is 14.2. The number of nitrogens with zero attached hydrogens (tertiary/aromatic N) is 1. The fourth-order valence-electron chi connectivity index (χ4n) is 2.94. The Hall–Kier alpha value is -1.90. The summed E-state index contributed by atoms with van der Waals surface area (Å²) in [6.45, 7) is 2.96. The maximum absolute atomic E-state index is 12.1. The Kier molecular flexibility index (Phi) is 8.60. The number of rotatable bonds is 8. The summed E-state index contributed by atoms with van der Waals surface area (Å²) in [7, 11) is 1.67. The maximum Gasteiger partial charge on any atom is 0.292 e. The largest absolute Gasteiger partial charge is 0.384 e. The van der Waals surface area contributed by atoms with Crippen LogP contribution in [-0.4, -0.2) is 50.7 Å². The molecular formula is C16H25ClN4O4. The first-order valence-electron chi connectivity index (χ1n) is 8.00. The summed E-state index contributed by atoms with van der Waals surface area (Å²) in [5.74, 6) is -0.192. The summed E-state index contributed by atoms with van der Waals surface area (Å²) >= 11 is 0. The SMILES string of the molecule is COCC1(CNC(=O)CNc2ccccc2[N+](=O)[O-])CCNCC1.Cl. The summed E-state index contributed by atoms with van der Waals surface area (Å²) in [6.07, 6.45) is 1.89. The van der Waals surface area contributed by atoms with Crippen molar-refractivity contribution in [2.75, 3.05) is 45.2 Å². The number of carbonyl (C=O) groups excluding carboxylic acids is 1. The minimum atomic E-state index is -0.469. The summed E-state index contributed by atoms with van der Waals surface area (Å²) in [5, 5.41) is 20.0. The zero-order chi connectivity index (χ0) is 17.4. The molecule has 0 saturated carbocycles. The lowest BCUT2D eigenvalue weighted by Crippen LogP contribution is -2.48. The van der Waals surface area contributed by atoms with Gasteiger partial charge in [-0.2, -0.15) is 0 Å². The van der Waals surface area contributed by atoms with Gasteiger partial charge in [-0.15, -0.1) is 12.4 Å². The Balaban J connectivity index is 0.00000312. The molecule has 1 aliphatic rings. The van der Waals surface area contributed by atoms with Crippen LogP contribution in [0.3, 0.4) is 0 Å². The molecule has 0 bridgehead atoms. The third-order valence-corrected chi connectivity index (χ3v) is 4.32. The number of ether oxygens (including phenoxy) is 1. The van der Waals surface area contributed by atoms with Gasteiger partial charge in [-0.3, -0.25) is 14.9 Å². The molecule has 0 spiro atoms. The average molecular weight is 373 g/mol. The predicted molar refractivity (Wildman–Crippen MR) is 98.3 cm³/mol. The average Bonchev–Trinajstić information content (AvgIpc) is 2.59. The number of nitrogens with one attached hydrogen (secondary N) is 3. The second-order valence-electron chi connectivity index (χ2n) is 6.09. The van der Waals surface area contributed by atoms with E-state index in [1.165, 1.54) is 6.07 Å². The van der Waals surface area contributed by atoms with Gasteiger partial charge >= 0.3 is 0 Å². The van der Waals surface area contributed by atoms with Gasteiger partial charge in [-0.25, -0.2) is 0 Å². The molecule has 0 atom stereocenters. The van der Waals surface area contributed by atoms with Crippen LogP contribution in [-0.2, 0) is 9.53 Å². The molecule has 1 aliphatic heterocycles. The van der Waals surface area contributed by atoms with Crippen LogP contribution in [0.2, 0.25) is 0 Å². The van der Waals surface area contributed by atoms with Crippen LogP contribution in [0.1, 0.15) is 12.8 Å². The van der Waals surface area contributed by atoms with Crippen molar-refractivity contribution >= 4 is 29.7 Å². The lowest BCUT2D eigenvalue weighted by atomic mass is 9.79. The lowest BCUT2D eigenvalue weighted by Gasteiger charge is -2.37. The number of piperidine rings is 1. The highest BCUT2D eigenvalue weighted by Crippen LogP contribution is 2.28. The molecule has 9 heteroatoms. The number of nitro groups is 1. The summed E-state index contributed by atoms with van der Waals surface area (Å²) < 4.78 is 5.32. The second-order valence-corrected chi connectivity index (χ2v) is 6.09. The van der Waals surface area contributed by atoms with Gasteiger partial charge in [0.2, 0.25) is 5.91 Å². The van der Waals surface area contributed by atoms with E-state index in [4.69, 9.17) is 4.74 Å². The number of halogens is 1. The fourth-order valence-corrected chi connectivity index (χ4v) is 2.94. The van der Waals surface area contributed by atoms with Crippen LogP contribution in [0, 0.1) is 15.5 Å². The van der Waals surface area contributed by atoms with Gasteiger partial charge < -0.3 is 20.7 Å². The summed E-state index contributed by atoms with van der Waals surface area (Å²) in [4.78, 5) is 22.6. The molecule has 0 radical (unpaired) electrons. The van der Waals surface area contributed by atoms with Crippen LogP contribution in [0.5, 0.6) is 0 Å². The number of para-hydroxylation sites is 2. The Morgan fingerprint density at radius 1 is 1.36 bits per heavy atom. The highest BCUT2D eigenvalue weighted by molar-refractivity contribution is 5.85. The Morgan fingerprint density at radius 3 is 2.68 bits per heavy atom. The second kappa shape index (κ2) is 10.2. The molecular weight excluding hydrogens is 348 g/mol. The third kappa shape index (κ3) is 6.15. The Labute approximate surface area is 153 Å². The van der Waals surface area contributed by atoms with Gasteiger partial charge in [0, 0.05) is 25.1 Å². The topological polar surface area (TPSA) is 106 Å². The van der Waals surface area contributed by atoms with Crippen molar-refractivity contribution in [1.29, 1.82) is 0 Å². The summed E-state index contributed by atoms with van der Waals surface area (Å²) in [5.41, 5.74) is 0.250. The molecule has 0 aromatic heterocycles. The van der Waals surface area contributed by atoms with E-state index >= 15 is 0 Å². The van der Waals surface area contributed by atoms with Crippen molar-refractivity contribution in [3.63, 3.8) is 0 Å². The molecule has 3 N–H and O–H groups in total. The van der Waals surface area contributed by atoms with Crippen LogP contribution in [0.25, 0.3) is 0 Å². The van der Waals surface area contributed by atoms with Crippen molar-refractivity contribution in [3.05, 3.63) is 34.4 Å². The van der Waals surface area contributed by atoms with Crippen molar-refractivity contribution in [2.45, 2.75) is 12.8 Å². The van der Waals surface area contributed by atoms with E-state index in [9.17, 15) is 14.9 Å². The first-order chi connectivity index (χ1) is 11.6. The zero-order valence-corrected chi connectivity index (χ0v) is 15.1. The Bertz CT molecular complexity index is 573. The van der Waals surface area contributed by atoms with E-state index in [-0.39, 0.29) is 36.0 Å². The molecule has 1 aromatic carbocycles. The van der Waals surface area contributed by atoms with Gasteiger partial charge in [0.15, 0.2) is 0 Å². The van der Waals surface area contributed by atoms with Crippen molar-refractivity contribution < 1.29 is 14.5 Å². The van der Waals surface area contributed by atoms with Gasteiger partial charge in [-0.05, 0) is 32.0 Å². The highest BCUT2D eigenvalue weighted by atomic mass is 35.5. The molecule has 2 rings (SSSR count). The Morgan fingerprint density at radius 2 is 2.04 bits per heavy atom. The molecule has 8 nitrogen and oxygen atoms in total. The van der Waals surface area contributed by atoms with Crippen LogP contribution < -0.4 is 16.0 Å². The maximum atomic E-state index is 12.1. The number of carbonyl (C=O) groups is 1. The number of benzene rings is 1. The number of nitro benzene ring substituents is 1. The molecule has 25 heavy (non-hydrogen) atoms. The molecule has 1 saturated heterocycles. The third-order valence-electron chi connectivity index (χ3n) is 4.32. The van der Waals surface area contributed by atoms with Crippen LogP contribution >= 0.6 is 12.4 Å². The number of hydrogen-bond acceptors (Lipinski definition) is 6. The standard InChI is InChI=1S/C16H24N4O4.ClH/c1-24-12-16(6-8-17-9-7-16)11-19-15(21)10-18-13-4-2-3-5-14(13)20(22)23;/h2-5,17-18H,6-12H2,1H3,(H,19,21);1H. The minimum Gasteiger partial charge on any atom is -0.384 e. The number of hydrogen-bond donors (Lipinski definition) is 3.